The number of unbranched alkanes of at least 4 members (excludes halogenated alkanes) is 1. The monoisotopic (exact) mass is 394 g/mol. The van der Waals surface area contributed by atoms with Crippen LogP contribution in [0.25, 0.3) is 0 Å². The molecule has 1 aliphatic heterocycles. The lowest BCUT2D eigenvalue weighted by Gasteiger charge is -2.17. The summed E-state index contributed by atoms with van der Waals surface area (Å²) in [6.45, 7) is 2.75. The lowest BCUT2D eigenvalue weighted by Crippen LogP contribution is -2.32. The first kappa shape index (κ1) is 20.6. The third kappa shape index (κ3) is 5.22. The molecule has 6 nitrogen and oxygen atoms in total. The minimum atomic E-state index is -1.00. The zero-order valence-corrected chi connectivity index (χ0v) is 16.6. The Morgan fingerprint density at radius 1 is 1.14 bits per heavy atom. The number of carboxylic acid groups (broad SMARTS) is 1. The zero-order chi connectivity index (χ0) is 20.8. The lowest BCUT2D eigenvalue weighted by molar-refractivity contribution is -0.126. The number of hydrogen-bond acceptors (Lipinski definition) is 3. The molecule has 6 heteroatoms. The number of carbonyl (C=O) groups excluding carboxylic acids is 2. The molecule has 0 spiro atoms. The first-order valence-corrected chi connectivity index (χ1v) is 9.97. The van der Waals surface area contributed by atoms with Crippen LogP contribution in [0.5, 0.6) is 0 Å². The second-order valence-electron chi connectivity index (χ2n) is 7.40. The summed E-state index contributed by atoms with van der Waals surface area (Å²) in [5.41, 5.74) is 2.96. The van der Waals surface area contributed by atoms with Crippen LogP contribution < -0.4 is 10.2 Å². The Balaban J connectivity index is 1.57. The molecule has 0 saturated carbocycles. The highest BCUT2D eigenvalue weighted by Crippen LogP contribution is 2.26. The summed E-state index contributed by atoms with van der Waals surface area (Å²) in [7, 11) is 0. The Morgan fingerprint density at radius 2 is 1.90 bits per heavy atom. The van der Waals surface area contributed by atoms with E-state index in [1.807, 2.05) is 24.3 Å². The minimum absolute atomic E-state index is 0.0562. The van der Waals surface area contributed by atoms with Crippen molar-refractivity contribution in [3.63, 3.8) is 0 Å². The van der Waals surface area contributed by atoms with E-state index in [1.165, 1.54) is 17.7 Å². The number of rotatable bonds is 8. The van der Waals surface area contributed by atoms with Crippen LogP contribution in [-0.4, -0.2) is 29.4 Å². The maximum absolute atomic E-state index is 12.5. The van der Waals surface area contributed by atoms with Crippen molar-refractivity contribution in [2.45, 2.75) is 39.2 Å². The van der Waals surface area contributed by atoms with Crippen molar-refractivity contribution in [3.8, 4) is 0 Å². The van der Waals surface area contributed by atoms with E-state index in [9.17, 15) is 14.4 Å². The van der Waals surface area contributed by atoms with Gasteiger partial charge in [0.15, 0.2) is 0 Å². The van der Waals surface area contributed by atoms with Crippen molar-refractivity contribution in [1.82, 2.24) is 5.32 Å². The van der Waals surface area contributed by atoms with Gasteiger partial charge >= 0.3 is 5.97 Å². The first-order valence-electron chi connectivity index (χ1n) is 9.97. The van der Waals surface area contributed by atoms with Gasteiger partial charge < -0.3 is 15.3 Å². The molecule has 2 amide bonds. The smallest absolute Gasteiger partial charge is 0.335 e. The van der Waals surface area contributed by atoms with Gasteiger partial charge in [0, 0.05) is 25.2 Å². The van der Waals surface area contributed by atoms with Gasteiger partial charge in [-0.05, 0) is 48.2 Å². The van der Waals surface area contributed by atoms with E-state index in [1.54, 1.807) is 17.0 Å². The fraction of sp³-hybridized carbons (Fsp3) is 0.348. The largest absolute Gasteiger partial charge is 0.478 e. The van der Waals surface area contributed by atoms with E-state index in [-0.39, 0.29) is 30.3 Å². The summed E-state index contributed by atoms with van der Waals surface area (Å²) in [4.78, 5) is 37.7. The van der Waals surface area contributed by atoms with Crippen LogP contribution in [0, 0.1) is 5.92 Å². The third-order valence-electron chi connectivity index (χ3n) is 5.20. The molecule has 2 aromatic rings. The average molecular weight is 394 g/mol. The molecule has 1 atom stereocenters. The number of nitrogens with one attached hydrogen (secondary N) is 1. The fourth-order valence-corrected chi connectivity index (χ4v) is 3.50. The third-order valence-corrected chi connectivity index (χ3v) is 5.20. The maximum atomic E-state index is 12.5. The quantitative estimate of drug-likeness (QED) is 0.718. The van der Waals surface area contributed by atoms with E-state index in [0.717, 1.165) is 24.9 Å². The fourth-order valence-electron chi connectivity index (χ4n) is 3.50. The molecule has 152 valence electrons. The van der Waals surface area contributed by atoms with Gasteiger partial charge in [-0.25, -0.2) is 4.79 Å². The van der Waals surface area contributed by atoms with Crippen LogP contribution >= 0.6 is 0 Å². The van der Waals surface area contributed by atoms with Crippen LogP contribution in [0.15, 0.2) is 48.5 Å². The Kier molecular flexibility index (Phi) is 6.65. The van der Waals surface area contributed by atoms with Gasteiger partial charge in [-0.15, -0.1) is 0 Å². The number of anilines is 1. The van der Waals surface area contributed by atoms with Crippen molar-refractivity contribution < 1.29 is 19.5 Å². The Morgan fingerprint density at radius 3 is 2.59 bits per heavy atom. The van der Waals surface area contributed by atoms with Crippen LogP contribution in [0.2, 0.25) is 0 Å². The summed E-state index contributed by atoms with van der Waals surface area (Å²) in [5, 5.41) is 11.9. The molecule has 0 bridgehead atoms. The van der Waals surface area contributed by atoms with Crippen molar-refractivity contribution in [2.24, 2.45) is 5.92 Å². The number of nitrogens with zero attached hydrogens (tertiary/aromatic N) is 1. The van der Waals surface area contributed by atoms with Gasteiger partial charge in [-0.3, -0.25) is 9.59 Å². The topological polar surface area (TPSA) is 86.7 Å². The predicted octanol–water partition coefficient (Wildman–Crippen LogP) is 3.40. The molecule has 3 rings (SSSR count). The van der Waals surface area contributed by atoms with E-state index in [0.29, 0.717) is 12.1 Å². The number of benzene rings is 2. The highest BCUT2D eigenvalue weighted by molar-refractivity contribution is 6.00. The van der Waals surface area contributed by atoms with Crippen LogP contribution in [0.4, 0.5) is 5.69 Å². The van der Waals surface area contributed by atoms with Crippen LogP contribution in [0.3, 0.4) is 0 Å². The van der Waals surface area contributed by atoms with Gasteiger partial charge in [0.2, 0.25) is 11.8 Å². The molecule has 0 radical (unpaired) electrons. The maximum Gasteiger partial charge on any atom is 0.335 e. The Labute approximate surface area is 170 Å². The molecule has 1 fully saturated rings. The van der Waals surface area contributed by atoms with Crippen LogP contribution in [0.1, 0.15) is 47.7 Å². The molecule has 1 aliphatic rings. The van der Waals surface area contributed by atoms with Gasteiger partial charge in [-0.1, -0.05) is 37.6 Å². The number of aryl methyl sites for hydroxylation is 1. The number of aromatic carboxylic acids is 1. The molecule has 0 aliphatic carbocycles. The molecule has 1 unspecified atom stereocenters. The Bertz CT molecular complexity index is 892. The molecule has 1 saturated heterocycles. The van der Waals surface area contributed by atoms with Gasteiger partial charge in [0.1, 0.15) is 0 Å². The minimum Gasteiger partial charge on any atom is -0.478 e. The molecular weight excluding hydrogens is 368 g/mol. The van der Waals surface area contributed by atoms with Crippen molar-refractivity contribution >= 4 is 23.5 Å². The van der Waals surface area contributed by atoms with E-state index >= 15 is 0 Å². The highest BCUT2D eigenvalue weighted by Gasteiger charge is 2.34. The standard InChI is InChI=1S/C23H26N2O4/c1-2-3-5-16-8-10-20(11-9-16)25-15-19(13-21(25)26)22(27)24-14-17-6-4-7-18(12-17)23(28)29/h4,6-12,19H,2-3,5,13-15H2,1H3,(H,24,27)(H,28,29). The van der Waals surface area contributed by atoms with Crippen molar-refractivity contribution in [1.29, 1.82) is 0 Å². The highest BCUT2D eigenvalue weighted by atomic mass is 16.4. The number of carbonyl (C=O) groups is 3. The van der Waals surface area contributed by atoms with Gasteiger partial charge in [0.05, 0.1) is 11.5 Å². The molecule has 29 heavy (non-hydrogen) atoms. The second-order valence-corrected chi connectivity index (χ2v) is 7.40. The van der Waals surface area contributed by atoms with Gasteiger partial charge in [-0.2, -0.15) is 0 Å². The summed E-state index contributed by atoms with van der Waals surface area (Å²) in [6, 6.07) is 14.4. The van der Waals surface area contributed by atoms with E-state index in [2.05, 4.69) is 12.2 Å². The SMILES string of the molecule is CCCCc1ccc(N2CC(C(=O)NCc3cccc(C(=O)O)c3)CC2=O)cc1. The van der Waals surface area contributed by atoms with Crippen molar-refractivity contribution in [3.05, 3.63) is 65.2 Å². The molecule has 1 heterocycles. The summed E-state index contributed by atoms with van der Waals surface area (Å²) < 4.78 is 0. The zero-order valence-electron chi connectivity index (χ0n) is 16.6. The average Bonchev–Trinajstić information content (AvgIpc) is 3.12. The lowest BCUT2D eigenvalue weighted by atomic mass is 10.1. The normalized spacial score (nSPS) is 16.1. The molecule has 2 N–H and O–H groups in total. The first-order chi connectivity index (χ1) is 14.0. The molecular formula is C23H26N2O4. The van der Waals surface area contributed by atoms with E-state index < -0.39 is 11.9 Å². The van der Waals surface area contributed by atoms with Gasteiger partial charge in [0.25, 0.3) is 0 Å². The number of hydrogen-bond donors (Lipinski definition) is 2. The summed E-state index contributed by atoms with van der Waals surface area (Å²) in [6.07, 6.45) is 3.49. The molecule has 2 aromatic carbocycles. The summed E-state index contributed by atoms with van der Waals surface area (Å²) in [5.74, 6) is -1.67. The van der Waals surface area contributed by atoms with Crippen molar-refractivity contribution in [2.75, 3.05) is 11.4 Å². The number of carboxylic acids is 1. The van der Waals surface area contributed by atoms with E-state index in [4.69, 9.17) is 5.11 Å². The predicted molar refractivity (Wildman–Crippen MR) is 111 cm³/mol. The van der Waals surface area contributed by atoms with Crippen LogP contribution in [-0.2, 0) is 22.6 Å². The second kappa shape index (κ2) is 9.37. The number of amides is 2. The summed E-state index contributed by atoms with van der Waals surface area (Å²) >= 11 is 0. The molecule has 0 aromatic heterocycles. The Hall–Kier alpha value is -3.15.